The largest absolute Gasteiger partial charge is 0.497 e. The number of aryl methyl sites for hydroxylation is 1. The van der Waals surface area contributed by atoms with Crippen LogP contribution < -0.4 is 4.74 Å². The molecule has 0 fully saturated rings. The summed E-state index contributed by atoms with van der Waals surface area (Å²) >= 11 is 0. The van der Waals surface area contributed by atoms with E-state index in [0.717, 1.165) is 34.5 Å². The van der Waals surface area contributed by atoms with E-state index in [9.17, 15) is 5.11 Å². The number of aliphatic hydroxyl groups excluding tert-OH is 1. The Morgan fingerprint density at radius 1 is 1.19 bits per heavy atom. The molecule has 4 nitrogen and oxygen atoms in total. The van der Waals surface area contributed by atoms with Gasteiger partial charge in [0.25, 0.3) is 0 Å². The van der Waals surface area contributed by atoms with Crippen LogP contribution in [0.25, 0.3) is 5.52 Å². The minimum atomic E-state index is -0.689. The zero-order valence-electron chi connectivity index (χ0n) is 12.2. The number of nitrogens with zero attached hydrogens (tertiary/aromatic N) is 2. The van der Waals surface area contributed by atoms with Gasteiger partial charge in [0.1, 0.15) is 11.9 Å². The van der Waals surface area contributed by atoms with Gasteiger partial charge in [-0.15, -0.1) is 0 Å². The van der Waals surface area contributed by atoms with Crippen LogP contribution in [0.4, 0.5) is 0 Å². The number of hydrogen-bond donors (Lipinski definition) is 1. The summed E-state index contributed by atoms with van der Waals surface area (Å²) in [7, 11) is 1.63. The van der Waals surface area contributed by atoms with Gasteiger partial charge in [0, 0.05) is 11.8 Å². The Morgan fingerprint density at radius 3 is 2.62 bits per heavy atom. The van der Waals surface area contributed by atoms with E-state index in [-0.39, 0.29) is 0 Å². The fraction of sp³-hybridized carbons (Fsp3) is 0.235. The number of hydrogen-bond acceptors (Lipinski definition) is 3. The van der Waals surface area contributed by atoms with Crippen molar-refractivity contribution < 1.29 is 9.84 Å². The predicted molar refractivity (Wildman–Crippen MR) is 81.6 cm³/mol. The lowest BCUT2D eigenvalue weighted by Crippen LogP contribution is -2.02. The first-order valence-corrected chi connectivity index (χ1v) is 7.02. The first-order valence-electron chi connectivity index (χ1n) is 7.02. The Bertz CT molecular complexity index is 747. The molecule has 3 aromatic rings. The Kier molecular flexibility index (Phi) is 3.62. The topological polar surface area (TPSA) is 46.8 Å². The molecule has 2 heterocycles. The third-order valence-corrected chi connectivity index (χ3v) is 3.69. The van der Waals surface area contributed by atoms with E-state index in [2.05, 4.69) is 5.10 Å². The number of aromatic nitrogens is 2. The van der Waals surface area contributed by atoms with Crippen LogP contribution in [0.5, 0.6) is 5.75 Å². The van der Waals surface area contributed by atoms with Crippen molar-refractivity contribution in [1.82, 2.24) is 9.61 Å². The SMILES string of the molecule is CCc1nn2ccccc2c1C(O)c1ccc(OC)cc1. The standard InChI is InChI=1S/C17H18N2O2/c1-3-14-16(15-6-4-5-11-19(15)18-14)17(20)12-7-9-13(21-2)10-8-12/h4-11,17,20H,3H2,1-2H3. The number of ether oxygens (including phenoxy) is 1. The lowest BCUT2D eigenvalue weighted by Gasteiger charge is -2.12. The highest BCUT2D eigenvalue weighted by Crippen LogP contribution is 2.30. The average molecular weight is 282 g/mol. The van der Waals surface area contributed by atoms with Crippen LogP contribution in [0.3, 0.4) is 0 Å². The van der Waals surface area contributed by atoms with Gasteiger partial charge in [-0.3, -0.25) is 0 Å². The Balaban J connectivity index is 2.09. The second kappa shape index (κ2) is 5.58. The number of methoxy groups -OCH3 is 1. The summed E-state index contributed by atoms with van der Waals surface area (Å²) in [5.74, 6) is 0.779. The third-order valence-electron chi connectivity index (χ3n) is 3.69. The molecule has 1 atom stereocenters. The van der Waals surface area contributed by atoms with Crippen LogP contribution in [0.2, 0.25) is 0 Å². The molecule has 0 bridgehead atoms. The molecular weight excluding hydrogens is 264 g/mol. The van der Waals surface area contributed by atoms with Crippen molar-refractivity contribution in [3.05, 3.63) is 65.5 Å². The summed E-state index contributed by atoms with van der Waals surface area (Å²) in [5, 5.41) is 15.3. The van der Waals surface area contributed by atoms with Crippen molar-refractivity contribution >= 4 is 5.52 Å². The van der Waals surface area contributed by atoms with Crippen LogP contribution in [0.1, 0.15) is 29.8 Å². The molecule has 108 valence electrons. The molecule has 0 aliphatic rings. The lowest BCUT2D eigenvalue weighted by atomic mass is 9.99. The smallest absolute Gasteiger partial charge is 0.118 e. The van der Waals surface area contributed by atoms with Gasteiger partial charge in [0.05, 0.1) is 18.3 Å². The molecule has 0 saturated carbocycles. The van der Waals surface area contributed by atoms with E-state index in [1.165, 1.54) is 0 Å². The number of rotatable bonds is 4. The van der Waals surface area contributed by atoms with Crippen molar-refractivity contribution in [3.63, 3.8) is 0 Å². The van der Waals surface area contributed by atoms with Gasteiger partial charge in [-0.1, -0.05) is 25.1 Å². The second-order valence-corrected chi connectivity index (χ2v) is 4.92. The molecule has 4 heteroatoms. The van der Waals surface area contributed by atoms with Gasteiger partial charge in [-0.2, -0.15) is 5.10 Å². The first-order chi connectivity index (χ1) is 10.2. The molecule has 0 spiro atoms. The molecule has 1 N–H and O–H groups in total. The Labute approximate surface area is 123 Å². The molecule has 0 aliphatic heterocycles. The summed E-state index contributed by atoms with van der Waals surface area (Å²) in [6.45, 7) is 2.05. The van der Waals surface area contributed by atoms with E-state index >= 15 is 0 Å². The predicted octanol–water partition coefficient (Wildman–Crippen LogP) is 2.99. The molecule has 0 saturated heterocycles. The lowest BCUT2D eigenvalue weighted by molar-refractivity contribution is 0.220. The maximum absolute atomic E-state index is 10.8. The molecule has 21 heavy (non-hydrogen) atoms. The molecule has 0 aliphatic carbocycles. The summed E-state index contributed by atoms with van der Waals surface area (Å²) < 4.78 is 6.98. The average Bonchev–Trinajstić information content (AvgIpc) is 2.92. The van der Waals surface area contributed by atoms with E-state index in [1.807, 2.05) is 60.1 Å². The van der Waals surface area contributed by atoms with Crippen molar-refractivity contribution in [2.24, 2.45) is 0 Å². The van der Waals surface area contributed by atoms with E-state index in [1.54, 1.807) is 7.11 Å². The Morgan fingerprint density at radius 2 is 1.95 bits per heavy atom. The first kappa shape index (κ1) is 13.6. The van der Waals surface area contributed by atoms with Gasteiger partial charge in [-0.25, -0.2) is 4.52 Å². The molecule has 3 rings (SSSR count). The van der Waals surface area contributed by atoms with Crippen molar-refractivity contribution in [3.8, 4) is 5.75 Å². The van der Waals surface area contributed by atoms with E-state index < -0.39 is 6.10 Å². The van der Waals surface area contributed by atoms with Gasteiger partial charge in [0.15, 0.2) is 0 Å². The van der Waals surface area contributed by atoms with E-state index in [0.29, 0.717) is 0 Å². The molecule has 2 aromatic heterocycles. The highest BCUT2D eigenvalue weighted by Gasteiger charge is 2.20. The normalized spacial score (nSPS) is 12.5. The van der Waals surface area contributed by atoms with Crippen LogP contribution in [-0.4, -0.2) is 21.8 Å². The summed E-state index contributed by atoms with van der Waals surface area (Å²) in [6.07, 6.45) is 1.99. The number of fused-ring (bicyclic) bond motifs is 1. The third kappa shape index (κ3) is 2.38. The van der Waals surface area contributed by atoms with Gasteiger partial charge in [-0.05, 0) is 36.2 Å². The summed E-state index contributed by atoms with van der Waals surface area (Å²) in [4.78, 5) is 0. The van der Waals surface area contributed by atoms with Gasteiger partial charge < -0.3 is 9.84 Å². The van der Waals surface area contributed by atoms with Crippen LogP contribution >= 0.6 is 0 Å². The quantitative estimate of drug-likeness (QED) is 0.800. The minimum absolute atomic E-state index is 0.689. The molecule has 0 amide bonds. The maximum atomic E-state index is 10.8. The van der Waals surface area contributed by atoms with Gasteiger partial charge >= 0.3 is 0 Å². The number of pyridine rings is 1. The number of benzene rings is 1. The monoisotopic (exact) mass is 282 g/mol. The fourth-order valence-corrected chi connectivity index (χ4v) is 2.58. The van der Waals surface area contributed by atoms with Crippen LogP contribution in [0, 0.1) is 0 Å². The van der Waals surface area contributed by atoms with Gasteiger partial charge in [0.2, 0.25) is 0 Å². The minimum Gasteiger partial charge on any atom is -0.497 e. The van der Waals surface area contributed by atoms with Crippen LogP contribution in [-0.2, 0) is 6.42 Å². The van der Waals surface area contributed by atoms with E-state index in [4.69, 9.17) is 4.74 Å². The highest BCUT2D eigenvalue weighted by atomic mass is 16.5. The second-order valence-electron chi connectivity index (χ2n) is 4.92. The van der Waals surface area contributed by atoms with Crippen molar-refractivity contribution in [2.45, 2.75) is 19.4 Å². The highest BCUT2D eigenvalue weighted by molar-refractivity contribution is 5.59. The zero-order chi connectivity index (χ0) is 14.8. The zero-order valence-corrected chi connectivity index (χ0v) is 12.2. The molecule has 1 unspecified atom stereocenters. The number of aliphatic hydroxyl groups is 1. The molecule has 0 radical (unpaired) electrons. The van der Waals surface area contributed by atoms with Crippen molar-refractivity contribution in [2.75, 3.05) is 7.11 Å². The molecule has 1 aromatic carbocycles. The summed E-state index contributed by atoms with van der Waals surface area (Å²) in [6, 6.07) is 13.4. The van der Waals surface area contributed by atoms with Crippen molar-refractivity contribution in [1.29, 1.82) is 0 Å². The van der Waals surface area contributed by atoms with Crippen LogP contribution in [0.15, 0.2) is 48.7 Å². The fourth-order valence-electron chi connectivity index (χ4n) is 2.58. The maximum Gasteiger partial charge on any atom is 0.118 e. The molecular formula is C17H18N2O2. The Hall–Kier alpha value is -2.33. The summed E-state index contributed by atoms with van der Waals surface area (Å²) in [5.41, 5.74) is 3.58.